The molecular weight excluding hydrogens is 414 g/mol. The van der Waals surface area contributed by atoms with Crippen LogP contribution in [0.3, 0.4) is 0 Å². The summed E-state index contributed by atoms with van der Waals surface area (Å²) in [7, 11) is 1.64. The molecule has 7 nitrogen and oxygen atoms in total. The van der Waals surface area contributed by atoms with Crippen molar-refractivity contribution in [2.75, 3.05) is 7.11 Å². The molecular formula is C26H19N5O2. The maximum Gasteiger partial charge on any atom is 0.216 e. The lowest BCUT2D eigenvalue weighted by atomic mass is 10.2. The van der Waals surface area contributed by atoms with Crippen LogP contribution in [0.4, 0.5) is 0 Å². The van der Waals surface area contributed by atoms with Crippen molar-refractivity contribution in [1.82, 2.24) is 24.1 Å². The Labute approximate surface area is 188 Å². The van der Waals surface area contributed by atoms with Crippen molar-refractivity contribution in [2.45, 2.75) is 6.92 Å². The van der Waals surface area contributed by atoms with Crippen LogP contribution in [0.2, 0.25) is 0 Å². The van der Waals surface area contributed by atoms with E-state index in [1.165, 1.54) is 0 Å². The van der Waals surface area contributed by atoms with E-state index in [0.717, 1.165) is 28.0 Å². The standard InChI is InChI=1S/C26H19N5O2/c1-16-23(32)22-25-27-20-10-6-7-11-21(20)30(25)24(17-12-14-19(33-2)15-13-17)28-26(22)31(29-16)18-8-4-3-5-9-18/h3-15H,1-2H3. The minimum absolute atomic E-state index is 0.175. The molecule has 0 aliphatic carbocycles. The quantitative estimate of drug-likeness (QED) is 0.409. The second-order valence-corrected chi connectivity index (χ2v) is 7.78. The number of para-hydroxylation sites is 3. The maximum absolute atomic E-state index is 13.3. The van der Waals surface area contributed by atoms with E-state index in [0.29, 0.717) is 28.2 Å². The van der Waals surface area contributed by atoms with Gasteiger partial charge in [-0.25, -0.2) is 14.6 Å². The summed E-state index contributed by atoms with van der Waals surface area (Å²) in [4.78, 5) is 23.2. The molecule has 33 heavy (non-hydrogen) atoms. The Morgan fingerprint density at radius 3 is 2.30 bits per heavy atom. The van der Waals surface area contributed by atoms with Gasteiger partial charge >= 0.3 is 0 Å². The predicted molar refractivity (Wildman–Crippen MR) is 128 cm³/mol. The summed E-state index contributed by atoms with van der Waals surface area (Å²) < 4.78 is 9.00. The highest BCUT2D eigenvalue weighted by atomic mass is 16.5. The molecule has 3 aromatic heterocycles. The van der Waals surface area contributed by atoms with Gasteiger partial charge in [0.2, 0.25) is 5.43 Å². The first-order chi connectivity index (χ1) is 16.2. The van der Waals surface area contributed by atoms with Crippen LogP contribution in [0.25, 0.3) is 44.8 Å². The van der Waals surface area contributed by atoms with Gasteiger partial charge in [-0.15, -0.1) is 0 Å². The molecule has 0 radical (unpaired) electrons. The lowest BCUT2D eigenvalue weighted by Crippen LogP contribution is -2.18. The van der Waals surface area contributed by atoms with Crippen molar-refractivity contribution in [3.8, 4) is 22.8 Å². The van der Waals surface area contributed by atoms with Crippen LogP contribution in [0, 0.1) is 6.92 Å². The van der Waals surface area contributed by atoms with Crippen molar-refractivity contribution >= 4 is 27.7 Å². The lowest BCUT2D eigenvalue weighted by Gasteiger charge is -2.14. The van der Waals surface area contributed by atoms with E-state index >= 15 is 0 Å². The van der Waals surface area contributed by atoms with Crippen molar-refractivity contribution < 1.29 is 4.74 Å². The molecule has 3 aromatic carbocycles. The summed E-state index contributed by atoms with van der Waals surface area (Å²) >= 11 is 0. The topological polar surface area (TPSA) is 74.3 Å². The molecule has 0 atom stereocenters. The van der Waals surface area contributed by atoms with Crippen molar-refractivity contribution in [2.24, 2.45) is 0 Å². The molecule has 6 rings (SSSR count). The number of rotatable bonds is 3. The van der Waals surface area contributed by atoms with E-state index < -0.39 is 0 Å². The fourth-order valence-electron chi connectivity index (χ4n) is 4.18. The smallest absolute Gasteiger partial charge is 0.216 e. The monoisotopic (exact) mass is 433 g/mol. The van der Waals surface area contributed by atoms with Gasteiger partial charge < -0.3 is 4.74 Å². The van der Waals surface area contributed by atoms with Crippen molar-refractivity contribution in [1.29, 1.82) is 0 Å². The molecule has 0 aliphatic heterocycles. The van der Waals surface area contributed by atoms with Crippen LogP contribution in [0.1, 0.15) is 5.69 Å². The molecule has 7 heteroatoms. The minimum atomic E-state index is -0.175. The third-order valence-electron chi connectivity index (χ3n) is 5.79. The van der Waals surface area contributed by atoms with E-state index in [9.17, 15) is 4.79 Å². The maximum atomic E-state index is 13.3. The highest BCUT2D eigenvalue weighted by molar-refractivity contribution is 5.97. The van der Waals surface area contributed by atoms with Gasteiger partial charge in [0.15, 0.2) is 11.3 Å². The molecule has 0 amide bonds. The zero-order valence-electron chi connectivity index (χ0n) is 18.1. The SMILES string of the molecule is COc1ccc(-c2nc3c(c(=O)c(C)nn3-c3ccccc3)c3nc4ccccc4n23)cc1. The summed E-state index contributed by atoms with van der Waals surface area (Å²) in [6.45, 7) is 1.72. The van der Waals surface area contributed by atoms with Gasteiger partial charge in [-0.05, 0) is 55.5 Å². The van der Waals surface area contributed by atoms with Crippen LogP contribution in [-0.4, -0.2) is 31.3 Å². The minimum Gasteiger partial charge on any atom is -0.497 e. The number of aromatic nitrogens is 5. The molecule has 0 fully saturated rings. The second-order valence-electron chi connectivity index (χ2n) is 7.78. The Morgan fingerprint density at radius 1 is 0.818 bits per heavy atom. The van der Waals surface area contributed by atoms with Crippen LogP contribution >= 0.6 is 0 Å². The van der Waals surface area contributed by atoms with Gasteiger partial charge in [0.1, 0.15) is 22.7 Å². The predicted octanol–water partition coefficient (Wildman–Crippen LogP) is 4.57. The van der Waals surface area contributed by atoms with Gasteiger partial charge in [0.05, 0.1) is 23.8 Å². The Hall–Kier alpha value is -4.52. The van der Waals surface area contributed by atoms with E-state index in [4.69, 9.17) is 14.7 Å². The zero-order valence-corrected chi connectivity index (χ0v) is 18.1. The molecule has 6 aromatic rings. The van der Waals surface area contributed by atoms with Gasteiger partial charge in [0.25, 0.3) is 0 Å². The molecule has 0 unspecified atom stereocenters. The van der Waals surface area contributed by atoms with Crippen LogP contribution in [0.15, 0.2) is 83.7 Å². The first-order valence-corrected chi connectivity index (χ1v) is 10.6. The van der Waals surface area contributed by atoms with Crippen LogP contribution in [0.5, 0.6) is 5.75 Å². The fraction of sp³-hybridized carbons (Fsp3) is 0.0769. The Bertz CT molecular complexity index is 1720. The molecule has 0 bridgehead atoms. The third kappa shape index (κ3) is 2.90. The summed E-state index contributed by atoms with van der Waals surface area (Å²) in [6.07, 6.45) is 0. The highest BCUT2D eigenvalue weighted by Gasteiger charge is 2.21. The highest BCUT2D eigenvalue weighted by Crippen LogP contribution is 2.29. The first kappa shape index (κ1) is 19.2. The summed E-state index contributed by atoms with van der Waals surface area (Å²) in [5.74, 6) is 1.42. The molecule has 0 spiro atoms. The number of fused-ring (bicyclic) bond motifs is 5. The average molecular weight is 433 g/mol. The summed E-state index contributed by atoms with van der Waals surface area (Å²) in [6, 6.07) is 25.2. The van der Waals surface area contributed by atoms with Gasteiger partial charge in [-0.2, -0.15) is 5.10 Å². The molecule has 3 heterocycles. The number of imidazole rings is 1. The average Bonchev–Trinajstić information content (AvgIpc) is 3.25. The lowest BCUT2D eigenvalue weighted by molar-refractivity contribution is 0.415. The van der Waals surface area contributed by atoms with E-state index in [2.05, 4.69) is 5.10 Å². The second kappa shape index (κ2) is 7.27. The Balaban J connectivity index is 1.83. The number of hydrogen-bond acceptors (Lipinski definition) is 5. The van der Waals surface area contributed by atoms with Crippen LogP contribution in [-0.2, 0) is 0 Å². The molecule has 0 saturated heterocycles. The number of ether oxygens (including phenoxy) is 1. The van der Waals surface area contributed by atoms with E-state index in [1.54, 1.807) is 18.7 Å². The number of benzene rings is 3. The van der Waals surface area contributed by atoms with Gasteiger partial charge in [-0.3, -0.25) is 9.20 Å². The number of methoxy groups -OCH3 is 1. The number of hydrogen-bond donors (Lipinski definition) is 0. The van der Waals surface area contributed by atoms with Crippen LogP contribution < -0.4 is 10.2 Å². The summed E-state index contributed by atoms with van der Waals surface area (Å²) in [5.41, 5.74) is 4.61. The Kier molecular flexibility index (Phi) is 4.23. The van der Waals surface area contributed by atoms with E-state index in [-0.39, 0.29) is 5.43 Å². The summed E-state index contributed by atoms with van der Waals surface area (Å²) in [5, 5.41) is 5.02. The first-order valence-electron chi connectivity index (χ1n) is 10.6. The molecule has 160 valence electrons. The van der Waals surface area contributed by atoms with E-state index in [1.807, 2.05) is 83.3 Å². The largest absolute Gasteiger partial charge is 0.497 e. The molecule has 0 saturated carbocycles. The van der Waals surface area contributed by atoms with Crippen molar-refractivity contribution in [3.63, 3.8) is 0 Å². The molecule has 0 aliphatic rings. The fourth-order valence-corrected chi connectivity index (χ4v) is 4.18. The van der Waals surface area contributed by atoms with Gasteiger partial charge in [-0.1, -0.05) is 30.3 Å². The molecule has 0 N–H and O–H groups in total. The van der Waals surface area contributed by atoms with Crippen molar-refractivity contribution in [3.05, 3.63) is 94.8 Å². The zero-order chi connectivity index (χ0) is 22.5. The number of nitrogens with zero attached hydrogens (tertiary/aromatic N) is 5. The third-order valence-corrected chi connectivity index (χ3v) is 5.79. The van der Waals surface area contributed by atoms with Gasteiger partial charge in [0, 0.05) is 5.56 Å². The Morgan fingerprint density at radius 2 is 1.55 bits per heavy atom. The normalized spacial score (nSPS) is 11.5. The number of aryl methyl sites for hydroxylation is 1.